The van der Waals surface area contributed by atoms with Crippen LogP contribution in [0.4, 0.5) is 0 Å². The Morgan fingerprint density at radius 3 is 2.67 bits per heavy atom. The normalized spacial score (nSPS) is 11.4. The van der Waals surface area contributed by atoms with Gasteiger partial charge in [-0.25, -0.2) is 0 Å². The van der Waals surface area contributed by atoms with Crippen LogP contribution in [0.1, 0.15) is 32.0 Å². The van der Waals surface area contributed by atoms with Crippen LogP contribution in [0.5, 0.6) is 0 Å². The van der Waals surface area contributed by atoms with E-state index in [-0.39, 0.29) is 5.41 Å². The number of hydrogen-bond acceptors (Lipinski definition) is 3. The van der Waals surface area contributed by atoms with E-state index in [1.807, 2.05) is 0 Å². The summed E-state index contributed by atoms with van der Waals surface area (Å²) in [5.41, 5.74) is 1.58. The lowest BCUT2D eigenvalue weighted by Gasteiger charge is -2.16. The lowest BCUT2D eigenvalue weighted by atomic mass is 9.87. The predicted octanol–water partition coefficient (Wildman–Crippen LogP) is 1.70. The molecule has 0 saturated carbocycles. The lowest BCUT2D eigenvalue weighted by molar-refractivity contribution is 0.183. The molecule has 0 fully saturated rings. The van der Waals surface area contributed by atoms with Gasteiger partial charge < -0.3 is 4.74 Å². The summed E-state index contributed by atoms with van der Waals surface area (Å²) in [6.07, 6.45) is 1.77. The molecule has 1 aromatic rings. The van der Waals surface area contributed by atoms with E-state index in [0.717, 1.165) is 5.56 Å². The summed E-state index contributed by atoms with van der Waals surface area (Å²) in [5.74, 6) is 0. The van der Waals surface area contributed by atoms with Crippen molar-refractivity contribution in [2.75, 3.05) is 13.7 Å². The van der Waals surface area contributed by atoms with Crippen molar-refractivity contribution >= 4 is 0 Å². The first kappa shape index (κ1) is 11.7. The number of aromatic nitrogens is 2. The monoisotopic (exact) mass is 207 g/mol. The maximum Gasteiger partial charge on any atom is 0.142 e. The van der Waals surface area contributed by atoms with Crippen molar-refractivity contribution in [2.24, 2.45) is 0 Å². The molecule has 15 heavy (non-hydrogen) atoms. The average molecular weight is 207 g/mol. The van der Waals surface area contributed by atoms with Crippen LogP contribution in [-0.2, 0) is 16.7 Å². The Bertz CT molecular complexity index is 368. The highest BCUT2D eigenvalue weighted by Gasteiger charge is 2.21. The third kappa shape index (κ3) is 2.57. The number of ether oxygens (including phenoxy) is 1. The minimum absolute atomic E-state index is 0.0453. The number of nitrogens with zero attached hydrogens (tertiary/aromatic N) is 3. The molecular weight excluding hydrogens is 190 g/mol. The van der Waals surface area contributed by atoms with Crippen molar-refractivity contribution < 1.29 is 4.74 Å². The van der Waals surface area contributed by atoms with Crippen LogP contribution in [0.25, 0.3) is 0 Å². The standard InChI is InChI=1S/C11H17N3O/c1-11(2,3)9-8-13-14(5-6-15-4)10(9)7-12/h8H,5-6H2,1-4H3. The molecular formula is C11H17N3O. The van der Waals surface area contributed by atoms with E-state index in [0.29, 0.717) is 18.8 Å². The molecule has 1 aromatic heterocycles. The van der Waals surface area contributed by atoms with Gasteiger partial charge in [-0.1, -0.05) is 20.8 Å². The lowest BCUT2D eigenvalue weighted by Crippen LogP contribution is -2.14. The Kier molecular flexibility index (Phi) is 3.48. The molecule has 0 N–H and O–H groups in total. The first-order valence-corrected chi connectivity index (χ1v) is 4.96. The zero-order valence-electron chi connectivity index (χ0n) is 9.74. The molecule has 4 nitrogen and oxygen atoms in total. The highest BCUT2D eigenvalue weighted by molar-refractivity contribution is 5.35. The van der Waals surface area contributed by atoms with Crippen LogP contribution in [-0.4, -0.2) is 23.5 Å². The summed E-state index contributed by atoms with van der Waals surface area (Å²) in [4.78, 5) is 0. The van der Waals surface area contributed by atoms with Gasteiger partial charge in [0, 0.05) is 12.7 Å². The largest absolute Gasteiger partial charge is 0.383 e. The Balaban J connectivity index is 3.02. The van der Waals surface area contributed by atoms with Gasteiger partial charge in [0.15, 0.2) is 0 Å². The fourth-order valence-corrected chi connectivity index (χ4v) is 1.40. The Hall–Kier alpha value is -1.34. The fraction of sp³-hybridized carbons (Fsp3) is 0.636. The van der Waals surface area contributed by atoms with E-state index < -0.39 is 0 Å². The van der Waals surface area contributed by atoms with Gasteiger partial charge in [0.2, 0.25) is 0 Å². The van der Waals surface area contributed by atoms with E-state index in [2.05, 4.69) is 31.9 Å². The smallest absolute Gasteiger partial charge is 0.142 e. The van der Waals surface area contributed by atoms with Crippen molar-refractivity contribution in [2.45, 2.75) is 32.7 Å². The summed E-state index contributed by atoms with van der Waals surface area (Å²) in [6.45, 7) is 7.41. The Morgan fingerprint density at radius 1 is 1.53 bits per heavy atom. The van der Waals surface area contributed by atoms with Gasteiger partial charge in [-0.15, -0.1) is 0 Å². The molecule has 0 bridgehead atoms. The molecule has 0 unspecified atom stereocenters. The van der Waals surface area contributed by atoms with Crippen LogP contribution in [0.3, 0.4) is 0 Å². The molecule has 0 aromatic carbocycles. The van der Waals surface area contributed by atoms with Gasteiger partial charge in [-0.2, -0.15) is 10.4 Å². The number of methoxy groups -OCH3 is 1. The molecule has 4 heteroatoms. The second-order valence-electron chi connectivity index (χ2n) is 4.48. The summed E-state index contributed by atoms with van der Waals surface area (Å²) >= 11 is 0. The maximum atomic E-state index is 9.10. The van der Waals surface area contributed by atoms with Crippen LogP contribution in [0.15, 0.2) is 6.20 Å². The molecule has 82 valence electrons. The SMILES string of the molecule is COCCn1ncc(C(C)(C)C)c1C#N. The summed E-state index contributed by atoms with van der Waals surface area (Å²) in [5, 5.41) is 13.3. The van der Waals surface area contributed by atoms with Gasteiger partial charge >= 0.3 is 0 Å². The third-order valence-electron chi connectivity index (χ3n) is 2.26. The van der Waals surface area contributed by atoms with Crippen LogP contribution in [0.2, 0.25) is 0 Å². The van der Waals surface area contributed by atoms with Gasteiger partial charge in [-0.05, 0) is 5.41 Å². The quantitative estimate of drug-likeness (QED) is 0.758. The Morgan fingerprint density at radius 2 is 2.20 bits per heavy atom. The van der Waals surface area contributed by atoms with Crippen LogP contribution in [0, 0.1) is 11.3 Å². The van der Waals surface area contributed by atoms with Crippen molar-refractivity contribution in [1.82, 2.24) is 9.78 Å². The molecule has 0 saturated heterocycles. The van der Waals surface area contributed by atoms with E-state index >= 15 is 0 Å². The first-order valence-electron chi connectivity index (χ1n) is 4.96. The highest BCUT2D eigenvalue weighted by Crippen LogP contribution is 2.24. The minimum Gasteiger partial charge on any atom is -0.383 e. The molecule has 0 aliphatic heterocycles. The third-order valence-corrected chi connectivity index (χ3v) is 2.26. The van der Waals surface area contributed by atoms with Crippen LogP contribution >= 0.6 is 0 Å². The second-order valence-corrected chi connectivity index (χ2v) is 4.48. The summed E-state index contributed by atoms with van der Waals surface area (Å²) in [7, 11) is 1.64. The molecule has 0 aliphatic rings. The minimum atomic E-state index is -0.0453. The zero-order valence-corrected chi connectivity index (χ0v) is 9.74. The van der Waals surface area contributed by atoms with Crippen LogP contribution < -0.4 is 0 Å². The molecule has 0 spiro atoms. The zero-order chi connectivity index (χ0) is 11.5. The molecule has 0 radical (unpaired) electrons. The molecule has 1 rings (SSSR count). The van der Waals surface area contributed by atoms with E-state index in [1.54, 1.807) is 18.0 Å². The van der Waals surface area contributed by atoms with Gasteiger partial charge in [0.05, 0.1) is 19.3 Å². The molecule has 0 aliphatic carbocycles. The van der Waals surface area contributed by atoms with Gasteiger partial charge in [0.25, 0.3) is 0 Å². The highest BCUT2D eigenvalue weighted by atomic mass is 16.5. The van der Waals surface area contributed by atoms with Crippen molar-refractivity contribution in [3.63, 3.8) is 0 Å². The number of rotatable bonds is 3. The first-order chi connectivity index (χ1) is 7.00. The number of nitriles is 1. The molecule has 1 heterocycles. The average Bonchev–Trinajstić information content (AvgIpc) is 2.56. The topological polar surface area (TPSA) is 50.8 Å². The van der Waals surface area contributed by atoms with E-state index in [1.165, 1.54) is 0 Å². The van der Waals surface area contributed by atoms with Crippen molar-refractivity contribution in [1.29, 1.82) is 5.26 Å². The summed E-state index contributed by atoms with van der Waals surface area (Å²) in [6, 6.07) is 2.20. The van der Waals surface area contributed by atoms with Crippen molar-refractivity contribution in [3.05, 3.63) is 17.5 Å². The predicted molar refractivity (Wildman–Crippen MR) is 57.5 cm³/mol. The fourth-order valence-electron chi connectivity index (χ4n) is 1.40. The number of hydrogen-bond donors (Lipinski definition) is 0. The van der Waals surface area contributed by atoms with Gasteiger partial charge in [0.1, 0.15) is 11.8 Å². The van der Waals surface area contributed by atoms with E-state index in [4.69, 9.17) is 10.00 Å². The van der Waals surface area contributed by atoms with E-state index in [9.17, 15) is 0 Å². The van der Waals surface area contributed by atoms with Gasteiger partial charge in [-0.3, -0.25) is 4.68 Å². The molecule has 0 amide bonds. The summed E-state index contributed by atoms with van der Waals surface area (Å²) < 4.78 is 6.67. The second kappa shape index (κ2) is 4.45. The molecule has 0 atom stereocenters. The maximum absolute atomic E-state index is 9.10. The Labute approximate surface area is 90.5 Å². The van der Waals surface area contributed by atoms with Crippen molar-refractivity contribution in [3.8, 4) is 6.07 Å².